The molecule has 1 amide bonds. The summed E-state index contributed by atoms with van der Waals surface area (Å²) in [5.74, 6) is -0.409. The third-order valence-corrected chi connectivity index (χ3v) is 5.80. The van der Waals surface area contributed by atoms with E-state index in [1.54, 1.807) is 0 Å². The number of ether oxygens (including phenoxy) is 2. The van der Waals surface area contributed by atoms with E-state index in [4.69, 9.17) is 9.47 Å². The molecule has 0 radical (unpaired) electrons. The summed E-state index contributed by atoms with van der Waals surface area (Å²) < 4.78 is 10.8. The second kappa shape index (κ2) is 18.3. The molecule has 194 valence electrons. The molecule has 0 aliphatic carbocycles. The van der Waals surface area contributed by atoms with Gasteiger partial charge in [0, 0.05) is 0 Å². The minimum absolute atomic E-state index is 0.199. The molecule has 0 saturated carbocycles. The van der Waals surface area contributed by atoms with E-state index in [1.807, 2.05) is 51.1 Å². The van der Waals surface area contributed by atoms with Crippen molar-refractivity contribution in [3.63, 3.8) is 0 Å². The first-order valence-corrected chi connectivity index (χ1v) is 13.5. The van der Waals surface area contributed by atoms with E-state index < -0.39 is 23.7 Å². The molecular formula is C29H49NO4. The second-order valence-electron chi connectivity index (χ2n) is 10.3. The van der Waals surface area contributed by atoms with E-state index >= 15 is 0 Å². The summed E-state index contributed by atoms with van der Waals surface area (Å²) >= 11 is 0. The molecule has 1 N–H and O–H groups in total. The molecule has 0 aliphatic rings. The highest BCUT2D eigenvalue weighted by Gasteiger charge is 2.25. The average Bonchev–Trinajstić information content (AvgIpc) is 2.79. The molecule has 0 fully saturated rings. The van der Waals surface area contributed by atoms with Crippen molar-refractivity contribution >= 4 is 12.1 Å². The Bertz CT molecular complexity index is 654. The van der Waals surface area contributed by atoms with E-state index in [2.05, 4.69) is 12.2 Å². The lowest BCUT2D eigenvalue weighted by Crippen LogP contribution is -2.44. The fourth-order valence-corrected chi connectivity index (χ4v) is 3.89. The van der Waals surface area contributed by atoms with Crippen molar-refractivity contribution in [1.29, 1.82) is 0 Å². The van der Waals surface area contributed by atoms with Crippen LogP contribution in [0.2, 0.25) is 0 Å². The third kappa shape index (κ3) is 16.6. The Kier molecular flexibility index (Phi) is 16.1. The number of benzene rings is 1. The van der Waals surface area contributed by atoms with Crippen molar-refractivity contribution in [1.82, 2.24) is 5.32 Å². The number of unbranched alkanes of at least 4 members (excludes halogenated alkanes) is 12. The van der Waals surface area contributed by atoms with Crippen LogP contribution in [0.15, 0.2) is 30.3 Å². The van der Waals surface area contributed by atoms with Crippen LogP contribution in [0.3, 0.4) is 0 Å². The highest BCUT2D eigenvalue weighted by molar-refractivity contribution is 5.81. The van der Waals surface area contributed by atoms with Crippen LogP contribution in [0.5, 0.6) is 0 Å². The van der Waals surface area contributed by atoms with Crippen molar-refractivity contribution in [3.05, 3.63) is 35.9 Å². The van der Waals surface area contributed by atoms with Gasteiger partial charge in [-0.25, -0.2) is 9.59 Å². The van der Waals surface area contributed by atoms with Crippen LogP contribution in [0.1, 0.15) is 123 Å². The van der Waals surface area contributed by atoms with Crippen LogP contribution in [0.4, 0.5) is 4.79 Å². The van der Waals surface area contributed by atoms with Gasteiger partial charge in [-0.05, 0) is 32.8 Å². The lowest BCUT2D eigenvalue weighted by Gasteiger charge is -2.23. The monoisotopic (exact) mass is 475 g/mol. The van der Waals surface area contributed by atoms with Gasteiger partial charge in [0.05, 0.1) is 0 Å². The fourth-order valence-electron chi connectivity index (χ4n) is 3.89. The van der Waals surface area contributed by atoms with Crippen LogP contribution >= 0.6 is 0 Å². The van der Waals surface area contributed by atoms with Gasteiger partial charge in [-0.2, -0.15) is 0 Å². The smallest absolute Gasteiger partial charge is 0.408 e. The molecule has 0 heterocycles. The number of hydrogen-bond donors (Lipinski definition) is 1. The Labute approximate surface area is 208 Å². The van der Waals surface area contributed by atoms with E-state index in [0.717, 1.165) is 24.8 Å². The molecule has 1 aromatic carbocycles. The first-order chi connectivity index (χ1) is 16.3. The maximum absolute atomic E-state index is 12.7. The molecule has 0 aromatic heterocycles. The summed E-state index contributed by atoms with van der Waals surface area (Å²) in [7, 11) is 0. The maximum Gasteiger partial charge on any atom is 0.408 e. The van der Waals surface area contributed by atoms with Gasteiger partial charge < -0.3 is 14.8 Å². The van der Waals surface area contributed by atoms with Crippen molar-refractivity contribution in [2.24, 2.45) is 0 Å². The van der Waals surface area contributed by atoms with Gasteiger partial charge in [-0.3, -0.25) is 0 Å². The summed E-state index contributed by atoms with van der Waals surface area (Å²) in [6, 6.07) is 8.88. The molecule has 1 unspecified atom stereocenters. The quantitative estimate of drug-likeness (QED) is 0.172. The van der Waals surface area contributed by atoms with Gasteiger partial charge >= 0.3 is 12.1 Å². The number of carbonyl (C=O) groups is 2. The number of alkyl carbamates (subject to hydrolysis) is 1. The summed E-state index contributed by atoms with van der Waals surface area (Å²) in [6.07, 6.45) is 16.5. The van der Waals surface area contributed by atoms with Crippen LogP contribution in [0.25, 0.3) is 0 Å². The van der Waals surface area contributed by atoms with Crippen molar-refractivity contribution in [3.8, 4) is 0 Å². The Hall–Kier alpha value is -2.04. The van der Waals surface area contributed by atoms with E-state index in [0.29, 0.717) is 6.42 Å². The van der Waals surface area contributed by atoms with Gasteiger partial charge in [0.25, 0.3) is 0 Å². The first-order valence-electron chi connectivity index (χ1n) is 13.5. The number of esters is 1. The molecular weight excluding hydrogens is 426 g/mol. The minimum atomic E-state index is -0.689. The molecule has 0 aliphatic heterocycles. The van der Waals surface area contributed by atoms with Crippen LogP contribution in [-0.4, -0.2) is 23.7 Å². The lowest BCUT2D eigenvalue weighted by atomic mass is 10.0. The Morgan fingerprint density at radius 1 is 0.794 bits per heavy atom. The van der Waals surface area contributed by atoms with Crippen molar-refractivity contribution in [2.75, 3.05) is 0 Å². The zero-order chi connectivity index (χ0) is 25.1. The molecule has 0 bridgehead atoms. The van der Waals surface area contributed by atoms with E-state index in [1.165, 1.54) is 64.2 Å². The van der Waals surface area contributed by atoms with E-state index in [9.17, 15) is 9.59 Å². The fraction of sp³-hybridized carbons (Fsp3) is 0.724. The Balaban J connectivity index is 2.28. The number of carbonyl (C=O) groups excluding carboxylic acids is 2. The van der Waals surface area contributed by atoms with Crippen molar-refractivity contribution in [2.45, 2.75) is 136 Å². The zero-order valence-corrected chi connectivity index (χ0v) is 22.2. The number of hydrogen-bond acceptors (Lipinski definition) is 4. The first kappa shape index (κ1) is 30.0. The topological polar surface area (TPSA) is 64.6 Å². The lowest BCUT2D eigenvalue weighted by molar-refractivity contribution is -0.147. The summed E-state index contributed by atoms with van der Waals surface area (Å²) in [5.41, 5.74) is 0.311. The minimum Gasteiger partial charge on any atom is -0.459 e. The van der Waals surface area contributed by atoms with Gasteiger partial charge in [-0.1, -0.05) is 121 Å². The van der Waals surface area contributed by atoms with Gasteiger partial charge in [0.2, 0.25) is 0 Å². The second-order valence-corrected chi connectivity index (χ2v) is 10.3. The average molecular weight is 476 g/mol. The molecule has 0 saturated heterocycles. The predicted molar refractivity (Wildman–Crippen MR) is 140 cm³/mol. The number of rotatable bonds is 18. The van der Waals surface area contributed by atoms with Crippen LogP contribution < -0.4 is 5.32 Å². The zero-order valence-electron chi connectivity index (χ0n) is 22.2. The Morgan fingerprint density at radius 3 is 1.79 bits per heavy atom. The molecule has 5 nitrogen and oxygen atoms in total. The molecule has 34 heavy (non-hydrogen) atoms. The predicted octanol–water partition coefficient (Wildman–Crippen LogP) is 8.10. The van der Waals surface area contributed by atoms with Gasteiger partial charge in [0.1, 0.15) is 18.2 Å². The summed E-state index contributed by atoms with van der Waals surface area (Å²) in [4.78, 5) is 24.9. The molecule has 1 rings (SSSR count). The normalized spacial score (nSPS) is 12.2. The standard InChI is InChI=1S/C29H49NO4/c1-5-6-7-8-9-10-11-12-13-14-15-16-20-23-26(30-28(32)34-29(2,3)4)27(31)33-24-25-21-18-17-19-22-25/h17-19,21-22,26H,5-16,20,23-24H2,1-4H3,(H,30,32). The maximum atomic E-state index is 12.7. The van der Waals surface area contributed by atoms with Crippen molar-refractivity contribution < 1.29 is 19.1 Å². The molecule has 1 atom stereocenters. The molecule has 0 spiro atoms. The summed E-state index contributed by atoms with van der Waals surface area (Å²) in [6.45, 7) is 7.88. The molecule has 1 aromatic rings. The summed E-state index contributed by atoms with van der Waals surface area (Å²) in [5, 5.41) is 2.72. The SMILES string of the molecule is CCCCCCCCCCCCCCCC(NC(=O)OC(C)(C)C)C(=O)OCc1ccccc1. The van der Waals surface area contributed by atoms with Crippen LogP contribution in [-0.2, 0) is 20.9 Å². The highest BCUT2D eigenvalue weighted by atomic mass is 16.6. The third-order valence-electron chi connectivity index (χ3n) is 5.80. The van der Waals surface area contributed by atoms with Gasteiger partial charge in [-0.15, -0.1) is 0 Å². The number of nitrogens with one attached hydrogen (secondary N) is 1. The van der Waals surface area contributed by atoms with Crippen LogP contribution in [0, 0.1) is 0 Å². The number of amides is 1. The highest BCUT2D eigenvalue weighted by Crippen LogP contribution is 2.15. The molecule has 5 heteroatoms. The Morgan fingerprint density at radius 2 is 1.29 bits per heavy atom. The largest absolute Gasteiger partial charge is 0.459 e. The van der Waals surface area contributed by atoms with Gasteiger partial charge in [0.15, 0.2) is 0 Å². The van der Waals surface area contributed by atoms with E-state index in [-0.39, 0.29) is 6.61 Å².